The van der Waals surface area contributed by atoms with Crippen LogP contribution in [0.15, 0.2) is 11.6 Å². The molecule has 31 heavy (non-hydrogen) atoms. The number of hydrogen-bond acceptors (Lipinski definition) is 1. The predicted octanol–water partition coefficient (Wildman–Crippen LogP) is 8.17. The Hall–Kier alpha value is -0.300. The molecule has 5 aliphatic carbocycles. The Bertz CT molecular complexity index is 790. The second kappa shape index (κ2) is 6.43. The van der Waals surface area contributed by atoms with E-state index in [2.05, 4.69) is 61.5 Å². The summed E-state index contributed by atoms with van der Waals surface area (Å²) in [5.74, 6) is 2.36. The SMILES string of the molecule is CC1(C)CC[C@]2(C)CC[C@]3(C)[C@@H]4CC=C5[C@@H](CC[C@@H](O)C5(C)C)[C@]4(C)CC[C@@]3(C)[C@@H]2C1. The van der Waals surface area contributed by atoms with Gasteiger partial charge in [0, 0.05) is 5.41 Å². The molecule has 0 amide bonds. The summed E-state index contributed by atoms with van der Waals surface area (Å²) in [6.45, 7) is 20.5. The molecule has 5 rings (SSSR count). The van der Waals surface area contributed by atoms with Crippen LogP contribution in [0.3, 0.4) is 0 Å². The molecule has 0 aromatic heterocycles. The molecule has 1 nitrogen and oxygen atoms in total. The highest BCUT2D eigenvalue weighted by Crippen LogP contribution is 2.77. The van der Waals surface area contributed by atoms with E-state index < -0.39 is 0 Å². The van der Waals surface area contributed by atoms with E-state index in [0.717, 1.165) is 18.3 Å². The molecule has 0 spiro atoms. The van der Waals surface area contributed by atoms with Crippen molar-refractivity contribution in [2.45, 2.75) is 126 Å². The zero-order valence-electron chi connectivity index (χ0n) is 21.9. The highest BCUT2D eigenvalue weighted by atomic mass is 16.3. The van der Waals surface area contributed by atoms with Gasteiger partial charge in [-0.15, -0.1) is 0 Å². The lowest BCUT2D eigenvalue weighted by molar-refractivity contribution is -0.230. The molecule has 0 aromatic rings. The molecule has 8 atom stereocenters. The average Bonchev–Trinajstić information content (AvgIpc) is 2.68. The Labute approximate surface area is 192 Å². The van der Waals surface area contributed by atoms with E-state index in [1.807, 2.05) is 0 Å². The highest BCUT2D eigenvalue weighted by Gasteiger charge is 2.69. The summed E-state index contributed by atoms with van der Waals surface area (Å²) in [6.07, 6.45) is 15.9. The van der Waals surface area contributed by atoms with E-state index in [1.165, 1.54) is 57.8 Å². The Balaban J connectivity index is 1.57. The van der Waals surface area contributed by atoms with Gasteiger partial charge in [0.2, 0.25) is 0 Å². The first-order valence-corrected chi connectivity index (χ1v) is 13.6. The van der Waals surface area contributed by atoms with Crippen molar-refractivity contribution in [1.29, 1.82) is 0 Å². The minimum absolute atomic E-state index is 0.0446. The van der Waals surface area contributed by atoms with Crippen molar-refractivity contribution in [3.05, 3.63) is 11.6 Å². The van der Waals surface area contributed by atoms with Gasteiger partial charge in [0.25, 0.3) is 0 Å². The first-order chi connectivity index (χ1) is 14.2. The summed E-state index contributed by atoms with van der Waals surface area (Å²) in [5.41, 5.74) is 3.96. The summed E-state index contributed by atoms with van der Waals surface area (Å²) >= 11 is 0. The molecule has 176 valence electrons. The maximum atomic E-state index is 10.8. The quantitative estimate of drug-likeness (QED) is 0.387. The maximum Gasteiger partial charge on any atom is 0.0628 e. The molecule has 0 heterocycles. The van der Waals surface area contributed by atoms with E-state index in [-0.39, 0.29) is 11.5 Å². The number of rotatable bonds is 0. The van der Waals surface area contributed by atoms with Gasteiger partial charge in [0.05, 0.1) is 6.10 Å². The van der Waals surface area contributed by atoms with Crippen LogP contribution in [0.4, 0.5) is 0 Å². The van der Waals surface area contributed by atoms with E-state index in [0.29, 0.717) is 33.0 Å². The van der Waals surface area contributed by atoms with Crippen molar-refractivity contribution in [1.82, 2.24) is 0 Å². The van der Waals surface area contributed by atoms with Crippen molar-refractivity contribution >= 4 is 0 Å². The molecular formula is C30H50O. The Kier molecular flexibility index (Phi) is 4.66. The van der Waals surface area contributed by atoms with Gasteiger partial charge in [0.15, 0.2) is 0 Å². The third-order valence-corrected chi connectivity index (χ3v) is 13.1. The third kappa shape index (κ3) is 2.77. The van der Waals surface area contributed by atoms with Crippen molar-refractivity contribution in [3.8, 4) is 0 Å². The molecule has 0 unspecified atom stereocenters. The minimum atomic E-state index is -0.167. The topological polar surface area (TPSA) is 20.2 Å². The normalized spacial score (nSPS) is 55.2. The first-order valence-electron chi connectivity index (χ1n) is 13.6. The van der Waals surface area contributed by atoms with E-state index >= 15 is 0 Å². The smallest absolute Gasteiger partial charge is 0.0628 e. The molecule has 5 aliphatic rings. The number of allylic oxidation sites excluding steroid dienone is 1. The fraction of sp³-hybridized carbons (Fsp3) is 0.933. The highest BCUT2D eigenvalue weighted by molar-refractivity contribution is 5.30. The molecule has 0 aromatic carbocycles. The third-order valence-electron chi connectivity index (χ3n) is 13.1. The van der Waals surface area contributed by atoms with Crippen molar-refractivity contribution in [2.75, 3.05) is 0 Å². The summed E-state index contributed by atoms with van der Waals surface area (Å²) in [5, 5.41) is 10.8. The molecule has 4 fully saturated rings. The molecule has 0 saturated heterocycles. The van der Waals surface area contributed by atoms with Crippen LogP contribution >= 0.6 is 0 Å². The molecule has 0 bridgehead atoms. The van der Waals surface area contributed by atoms with Crippen LogP contribution in [0.25, 0.3) is 0 Å². The number of fused-ring (bicyclic) bond motifs is 7. The van der Waals surface area contributed by atoms with Crippen molar-refractivity contribution < 1.29 is 5.11 Å². The lowest BCUT2D eigenvalue weighted by Crippen LogP contribution is -2.65. The fourth-order valence-corrected chi connectivity index (χ4v) is 10.4. The van der Waals surface area contributed by atoms with Gasteiger partial charge in [0.1, 0.15) is 0 Å². The molecule has 1 N–H and O–H groups in total. The lowest BCUT2D eigenvalue weighted by Gasteiger charge is -2.73. The van der Waals surface area contributed by atoms with Crippen molar-refractivity contribution in [3.63, 3.8) is 0 Å². The van der Waals surface area contributed by atoms with Crippen LogP contribution in [0, 0.1) is 50.2 Å². The molecule has 4 saturated carbocycles. The molecule has 0 aliphatic heterocycles. The van der Waals surface area contributed by atoms with Gasteiger partial charge in [-0.1, -0.05) is 67.0 Å². The number of aliphatic hydroxyl groups is 1. The Morgan fingerprint density at radius 3 is 2.06 bits per heavy atom. The largest absolute Gasteiger partial charge is 0.392 e. The van der Waals surface area contributed by atoms with Crippen LogP contribution < -0.4 is 0 Å². The summed E-state index contributed by atoms with van der Waals surface area (Å²) in [7, 11) is 0. The van der Waals surface area contributed by atoms with Gasteiger partial charge in [-0.2, -0.15) is 0 Å². The van der Waals surface area contributed by atoms with Crippen LogP contribution in [0.1, 0.15) is 120 Å². The molecule has 1 heteroatoms. The molecular weight excluding hydrogens is 376 g/mol. The van der Waals surface area contributed by atoms with E-state index in [4.69, 9.17) is 0 Å². The zero-order chi connectivity index (χ0) is 22.7. The number of hydrogen-bond donors (Lipinski definition) is 1. The van der Waals surface area contributed by atoms with Crippen LogP contribution in [-0.4, -0.2) is 11.2 Å². The zero-order valence-corrected chi connectivity index (χ0v) is 21.9. The number of aliphatic hydroxyl groups excluding tert-OH is 1. The second-order valence-electron chi connectivity index (χ2n) is 15.2. The summed E-state index contributed by atoms with van der Waals surface area (Å²) in [6, 6.07) is 0. The Morgan fingerprint density at radius 1 is 0.742 bits per heavy atom. The van der Waals surface area contributed by atoms with Crippen LogP contribution in [0.2, 0.25) is 0 Å². The standard InChI is InChI=1S/C30H50O/c1-25(2)13-14-27(5)15-17-29(7)22-11-9-20-21(10-12-24(31)26(20,3)4)28(22,6)16-18-30(29,8)23(27)19-25/h9,21-24,31H,10-19H2,1-8H3/t21-,22-,23-,24-,27-,28+,29-,30+/m1/s1. The lowest BCUT2D eigenvalue weighted by atomic mass is 9.31. The fourth-order valence-electron chi connectivity index (χ4n) is 10.4. The van der Waals surface area contributed by atoms with Gasteiger partial charge < -0.3 is 5.11 Å². The van der Waals surface area contributed by atoms with E-state index in [9.17, 15) is 5.11 Å². The van der Waals surface area contributed by atoms with Gasteiger partial charge >= 0.3 is 0 Å². The van der Waals surface area contributed by atoms with Gasteiger partial charge in [-0.25, -0.2) is 0 Å². The van der Waals surface area contributed by atoms with E-state index in [1.54, 1.807) is 5.57 Å². The maximum absolute atomic E-state index is 10.8. The van der Waals surface area contributed by atoms with Crippen LogP contribution in [-0.2, 0) is 0 Å². The van der Waals surface area contributed by atoms with Gasteiger partial charge in [-0.3, -0.25) is 0 Å². The summed E-state index contributed by atoms with van der Waals surface area (Å²) in [4.78, 5) is 0. The predicted molar refractivity (Wildman–Crippen MR) is 131 cm³/mol. The molecule has 0 radical (unpaired) electrons. The summed E-state index contributed by atoms with van der Waals surface area (Å²) < 4.78 is 0. The first kappa shape index (κ1) is 22.5. The minimum Gasteiger partial charge on any atom is -0.392 e. The monoisotopic (exact) mass is 426 g/mol. The van der Waals surface area contributed by atoms with Crippen LogP contribution in [0.5, 0.6) is 0 Å². The average molecular weight is 427 g/mol. The Morgan fingerprint density at radius 2 is 1.35 bits per heavy atom. The second-order valence-corrected chi connectivity index (χ2v) is 15.2. The van der Waals surface area contributed by atoms with Crippen molar-refractivity contribution in [2.24, 2.45) is 50.2 Å². The van der Waals surface area contributed by atoms with Gasteiger partial charge in [-0.05, 0) is 109 Å².